The molecule has 0 aliphatic rings. The highest BCUT2D eigenvalue weighted by Gasteiger charge is 2.10. The number of nitrogens with zero attached hydrogens (tertiary/aromatic N) is 1. The molecule has 1 aromatic carbocycles. The monoisotopic (exact) mass is 319 g/mol. The third-order valence-corrected chi connectivity index (χ3v) is 4.63. The lowest BCUT2D eigenvalue weighted by atomic mass is 10.1. The maximum absolute atomic E-state index is 10.2. The number of aliphatic hydroxyl groups is 1. The maximum atomic E-state index is 10.2. The van der Waals surface area contributed by atoms with Gasteiger partial charge in [0.15, 0.2) is 0 Å². The van der Waals surface area contributed by atoms with Gasteiger partial charge in [-0.2, -0.15) is 0 Å². The molecule has 0 radical (unpaired) electrons. The summed E-state index contributed by atoms with van der Waals surface area (Å²) < 4.78 is 0. The molecule has 1 unspecified atom stereocenters. The summed E-state index contributed by atoms with van der Waals surface area (Å²) in [5, 5.41) is 10.2. The Balaban J connectivity index is 1.96. The van der Waals surface area contributed by atoms with Crippen molar-refractivity contribution in [1.82, 2.24) is 4.90 Å². The normalized spacial score (nSPS) is 12.7. The number of hydrogen-bond donors (Lipinski definition) is 1. The van der Waals surface area contributed by atoms with Crippen molar-refractivity contribution in [2.45, 2.75) is 83.8 Å². The SMILES string of the molecule is CCCCCCCCCCCCN(C)C(O)Cc1ccccc1. The lowest BCUT2D eigenvalue weighted by Gasteiger charge is -2.23. The summed E-state index contributed by atoms with van der Waals surface area (Å²) in [5.41, 5.74) is 1.20. The second kappa shape index (κ2) is 13.6. The summed E-state index contributed by atoms with van der Waals surface area (Å²) in [6.07, 6.45) is 13.9. The van der Waals surface area contributed by atoms with Crippen LogP contribution >= 0.6 is 0 Å². The van der Waals surface area contributed by atoms with Gasteiger partial charge < -0.3 is 5.11 Å². The van der Waals surface area contributed by atoms with Crippen LogP contribution in [0.2, 0.25) is 0 Å². The largest absolute Gasteiger partial charge is 0.378 e. The molecule has 0 bridgehead atoms. The van der Waals surface area contributed by atoms with Crippen molar-refractivity contribution in [3.05, 3.63) is 35.9 Å². The third-order valence-electron chi connectivity index (χ3n) is 4.63. The van der Waals surface area contributed by atoms with E-state index in [0.717, 1.165) is 13.0 Å². The third kappa shape index (κ3) is 10.5. The first-order valence-electron chi connectivity index (χ1n) is 9.66. The van der Waals surface area contributed by atoms with Gasteiger partial charge in [0, 0.05) is 13.0 Å². The molecule has 1 aromatic rings. The number of benzene rings is 1. The number of unbranched alkanes of at least 4 members (excludes halogenated alkanes) is 9. The highest BCUT2D eigenvalue weighted by molar-refractivity contribution is 5.15. The topological polar surface area (TPSA) is 23.5 Å². The Hall–Kier alpha value is -0.860. The Morgan fingerprint density at radius 1 is 0.826 bits per heavy atom. The fraction of sp³-hybridized carbons (Fsp3) is 0.714. The summed E-state index contributed by atoms with van der Waals surface area (Å²) in [7, 11) is 2.03. The lowest BCUT2D eigenvalue weighted by molar-refractivity contribution is 0.0219. The van der Waals surface area contributed by atoms with Gasteiger partial charge in [0.25, 0.3) is 0 Å². The minimum atomic E-state index is -0.365. The summed E-state index contributed by atoms with van der Waals surface area (Å²) in [5.74, 6) is 0. The Labute approximate surface area is 143 Å². The molecule has 132 valence electrons. The zero-order chi connectivity index (χ0) is 16.8. The Morgan fingerprint density at radius 3 is 1.91 bits per heavy atom. The summed E-state index contributed by atoms with van der Waals surface area (Å²) in [6, 6.07) is 10.2. The molecule has 2 nitrogen and oxygen atoms in total. The molecule has 0 heterocycles. The van der Waals surface area contributed by atoms with Crippen LogP contribution in [-0.4, -0.2) is 29.8 Å². The molecule has 23 heavy (non-hydrogen) atoms. The minimum Gasteiger partial charge on any atom is -0.378 e. The number of aliphatic hydroxyl groups excluding tert-OH is 1. The van der Waals surface area contributed by atoms with E-state index in [1.165, 1.54) is 69.8 Å². The molecule has 0 amide bonds. The molecule has 0 aliphatic carbocycles. The summed E-state index contributed by atoms with van der Waals surface area (Å²) in [6.45, 7) is 3.26. The average molecular weight is 320 g/mol. The first kappa shape index (κ1) is 20.2. The number of hydrogen-bond acceptors (Lipinski definition) is 2. The first-order chi connectivity index (χ1) is 11.2. The van der Waals surface area contributed by atoms with E-state index in [0.29, 0.717) is 0 Å². The van der Waals surface area contributed by atoms with E-state index >= 15 is 0 Å². The van der Waals surface area contributed by atoms with Crippen molar-refractivity contribution < 1.29 is 5.11 Å². The molecule has 0 fully saturated rings. The van der Waals surface area contributed by atoms with Gasteiger partial charge >= 0.3 is 0 Å². The number of likely N-dealkylation sites (N-methyl/N-ethyl adjacent to an activating group) is 1. The summed E-state index contributed by atoms with van der Waals surface area (Å²) in [4.78, 5) is 2.08. The average Bonchev–Trinajstić information content (AvgIpc) is 2.57. The molecule has 2 heteroatoms. The predicted molar refractivity (Wildman–Crippen MR) is 101 cm³/mol. The van der Waals surface area contributed by atoms with Gasteiger partial charge in [-0.3, -0.25) is 4.90 Å². The van der Waals surface area contributed by atoms with Gasteiger partial charge in [0.1, 0.15) is 6.23 Å². The lowest BCUT2D eigenvalue weighted by Crippen LogP contribution is -2.34. The Kier molecular flexibility index (Phi) is 11.9. The van der Waals surface area contributed by atoms with Crippen LogP contribution in [0.15, 0.2) is 30.3 Å². The fourth-order valence-electron chi connectivity index (χ4n) is 2.98. The van der Waals surface area contributed by atoms with E-state index in [4.69, 9.17) is 0 Å². The van der Waals surface area contributed by atoms with Gasteiger partial charge in [0.2, 0.25) is 0 Å². The van der Waals surface area contributed by atoms with Gasteiger partial charge in [-0.15, -0.1) is 0 Å². The van der Waals surface area contributed by atoms with Crippen molar-refractivity contribution in [2.24, 2.45) is 0 Å². The van der Waals surface area contributed by atoms with Crippen LogP contribution in [0.5, 0.6) is 0 Å². The van der Waals surface area contributed by atoms with Gasteiger partial charge in [-0.25, -0.2) is 0 Å². The van der Waals surface area contributed by atoms with E-state index in [-0.39, 0.29) is 6.23 Å². The molecule has 0 aliphatic heterocycles. The Morgan fingerprint density at radius 2 is 1.35 bits per heavy atom. The summed E-state index contributed by atoms with van der Waals surface area (Å²) >= 11 is 0. The zero-order valence-electron chi connectivity index (χ0n) is 15.3. The molecule has 1 N–H and O–H groups in total. The van der Waals surface area contributed by atoms with E-state index < -0.39 is 0 Å². The fourth-order valence-corrected chi connectivity index (χ4v) is 2.98. The van der Waals surface area contributed by atoms with Gasteiger partial charge in [0.05, 0.1) is 0 Å². The molecule has 1 rings (SSSR count). The smallest absolute Gasteiger partial charge is 0.111 e. The van der Waals surface area contributed by atoms with Crippen LogP contribution < -0.4 is 0 Å². The maximum Gasteiger partial charge on any atom is 0.111 e. The predicted octanol–water partition coefficient (Wildman–Crippen LogP) is 5.40. The van der Waals surface area contributed by atoms with Crippen molar-refractivity contribution in [3.8, 4) is 0 Å². The van der Waals surface area contributed by atoms with Crippen molar-refractivity contribution in [2.75, 3.05) is 13.6 Å². The second-order valence-electron chi connectivity index (χ2n) is 6.83. The Bertz CT molecular complexity index is 365. The van der Waals surface area contributed by atoms with E-state index in [9.17, 15) is 5.11 Å². The first-order valence-corrected chi connectivity index (χ1v) is 9.66. The number of rotatable bonds is 14. The zero-order valence-corrected chi connectivity index (χ0v) is 15.3. The molecular formula is C21H37NO. The quantitative estimate of drug-likeness (QED) is 0.366. The van der Waals surface area contributed by atoms with Crippen LogP contribution in [0.25, 0.3) is 0 Å². The standard InChI is InChI=1S/C21H37NO/c1-3-4-5-6-7-8-9-10-11-15-18-22(2)21(23)19-20-16-13-12-14-17-20/h12-14,16-17,21,23H,3-11,15,18-19H2,1-2H3. The second-order valence-corrected chi connectivity index (χ2v) is 6.83. The van der Waals surface area contributed by atoms with E-state index in [2.05, 4.69) is 24.0 Å². The highest BCUT2D eigenvalue weighted by atomic mass is 16.3. The van der Waals surface area contributed by atoms with Crippen molar-refractivity contribution in [3.63, 3.8) is 0 Å². The van der Waals surface area contributed by atoms with Crippen molar-refractivity contribution in [1.29, 1.82) is 0 Å². The minimum absolute atomic E-state index is 0.365. The van der Waals surface area contributed by atoms with Crippen LogP contribution in [-0.2, 0) is 6.42 Å². The molecule has 0 saturated carbocycles. The van der Waals surface area contributed by atoms with Crippen LogP contribution in [0.1, 0.15) is 76.7 Å². The van der Waals surface area contributed by atoms with Gasteiger partial charge in [-0.05, 0) is 19.0 Å². The molecule has 0 saturated heterocycles. The highest BCUT2D eigenvalue weighted by Crippen LogP contribution is 2.11. The molecule has 0 aromatic heterocycles. The van der Waals surface area contributed by atoms with Crippen LogP contribution in [0.3, 0.4) is 0 Å². The molecule has 1 atom stereocenters. The van der Waals surface area contributed by atoms with E-state index in [1.54, 1.807) is 0 Å². The van der Waals surface area contributed by atoms with Gasteiger partial charge in [-0.1, -0.05) is 95.0 Å². The van der Waals surface area contributed by atoms with E-state index in [1.807, 2.05) is 25.2 Å². The van der Waals surface area contributed by atoms with Crippen LogP contribution in [0, 0.1) is 0 Å². The molecular weight excluding hydrogens is 282 g/mol. The molecule has 0 spiro atoms. The van der Waals surface area contributed by atoms with Crippen molar-refractivity contribution >= 4 is 0 Å². The van der Waals surface area contributed by atoms with Crippen LogP contribution in [0.4, 0.5) is 0 Å².